The number of hydrogen-bond donors (Lipinski definition) is 0. The lowest BCUT2D eigenvalue weighted by molar-refractivity contribution is -0.129. The Kier molecular flexibility index (Phi) is 5.16. The van der Waals surface area contributed by atoms with Gasteiger partial charge in [0.2, 0.25) is 5.90 Å². The highest BCUT2D eigenvalue weighted by atomic mass is 19.1. The van der Waals surface area contributed by atoms with Gasteiger partial charge in [0, 0.05) is 11.1 Å². The van der Waals surface area contributed by atoms with Gasteiger partial charge >= 0.3 is 5.97 Å². The normalized spacial score (nSPS) is 14.6. The van der Waals surface area contributed by atoms with Gasteiger partial charge in [-0.1, -0.05) is 36.4 Å². The Morgan fingerprint density at radius 2 is 1.76 bits per heavy atom. The molecule has 0 unspecified atom stereocenters. The van der Waals surface area contributed by atoms with E-state index in [9.17, 15) is 13.6 Å². The van der Waals surface area contributed by atoms with Gasteiger partial charge < -0.3 is 9.47 Å². The third-order valence-corrected chi connectivity index (χ3v) is 4.23. The molecule has 4 nitrogen and oxygen atoms in total. The third kappa shape index (κ3) is 4.38. The molecule has 0 spiro atoms. The summed E-state index contributed by atoms with van der Waals surface area (Å²) in [6.07, 6.45) is 1.56. The number of nitrogens with zero attached hydrogens (tertiary/aromatic N) is 1. The van der Waals surface area contributed by atoms with Gasteiger partial charge in [0.05, 0.1) is 0 Å². The SMILES string of the molecule is O=C1OC(c2cccc(F)c2)=N/C1=C\c1ccc(OCc2ccccc2F)cc1. The highest BCUT2D eigenvalue weighted by Crippen LogP contribution is 2.21. The summed E-state index contributed by atoms with van der Waals surface area (Å²) in [5, 5.41) is 0. The van der Waals surface area contributed by atoms with Gasteiger partial charge in [-0.05, 0) is 48.0 Å². The molecule has 0 aromatic heterocycles. The van der Waals surface area contributed by atoms with E-state index >= 15 is 0 Å². The molecular weight excluding hydrogens is 376 g/mol. The minimum Gasteiger partial charge on any atom is -0.489 e. The molecule has 1 aliphatic rings. The maximum Gasteiger partial charge on any atom is 0.363 e. The maximum absolute atomic E-state index is 13.6. The number of halogens is 2. The van der Waals surface area contributed by atoms with Crippen LogP contribution in [0.2, 0.25) is 0 Å². The van der Waals surface area contributed by atoms with Crippen molar-refractivity contribution in [1.82, 2.24) is 0 Å². The van der Waals surface area contributed by atoms with Gasteiger partial charge in [-0.15, -0.1) is 0 Å². The molecule has 29 heavy (non-hydrogen) atoms. The first kappa shape index (κ1) is 18.6. The summed E-state index contributed by atoms with van der Waals surface area (Å²) in [4.78, 5) is 16.2. The quantitative estimate of drug-likeness (QED) is 0.460. The molecule has 1 heterocycles. The van der Waals surface area contributed by atoms with Crippen molar-refractivity contribution in [3.8, 4) is 5.75 Å². The number of ether oxygens (including phenoxy) is 2. The number of benzene rings is 3. The minimum atomic E-state index is -0.607. The van der Waals surface area contributed by atoms with E-state index in [1.54, 1.807) is 54.6 Å². The van der Waals surface area contributed by atoms with Gasteiger partial charge in [0.1, 0.15) is 24.0 Å². The molecule has 0 bridgehead atoms. The largest absolute Gasteiger partial charge is 0.489 e. The fourth-order valence-electron chi connectivity index (χ4n) is 2.75. The van der Waals surface area contributed by atoms with E-state index < -0.39 is 11.8 Å². The molecule has 0 fully saturated rings. The monoisotopic (exact) mass is 391 g/mol. The Hall–Kier alpha value is -3.80. The van der Waals surface area contributed by atoms with E-state index in [2.05, 4.69) is 4.99 Å². The zero-order valence-corrected chi connectivity index (χ0v) is 15.1. The molecule has 0 aliphatic carbocycles. The standard InChI is InChI=1S/C23H15F2NO3/c24-18-6-3-5-16(13-18)22-26-21(23(27)29-22)12-15-8-10-19(11-9-15)28-14-17-4-1-2-7-20(17)25/h1-13H,14H2/b21-12-. The molecule has 0 radical (unpaired) electrons. The average molecular weight is 391 g/mol. The van der Waals surface area contributed by atoms with Crippen molar-refractivity contribution in [3.63, 3.8) is 0 Å². The van der Waals surface area contributed by atoms with Crippen LogP contribution in [0, 0.1) is 11.6 Å². The lowest BCUT2D eigenvalue weighted by Gasteiger charge is -2.07. The van der Waals surface area contributed by atoms with Crippen molar-refractivity contribution in [1.29, 1.82) is 0 Å². The summed E-state index contributed by atoms with van der Waals surface area (Å²) < 4.78 is 37.7. The van der Waals surface area contributed by atoms with Crippen molar-refractivity contribution in [3.05, 3.63) is 107 Å². The minimum absolute atomic E-state index is 0.0607. The average Bonchev–Trinajstić information content (AvgIpc) is 3.09. The van der Waals surface area contributed by atoms with Crippen LogP contribution in [0.1, 0.15) is 16.7 Å². The topological polar surface area (TPSA) is 47.9 Å². The predicted molar refractivity (Wildman–Crippen MR) is 104 cm³/mol. The smallest absolute Gasteiger partial charge is 0.363 e. The molecule has 0 atom stereocenters. The molecule has 0 N–H and O–H groups in total. The first-order valence-corrected chi connectivity index (χ1v) is 8.83. The fourth-order valence-corrected chi connectivity index (χ4v) is 2.75. The lowest BCUT2D eigenvalue weighted by Crippen LogP contribution is -2.05. The van der Waals surface area contributed by atoms with E-state index in [1.165, 1.54) is 24.3 Å². The Bertz CT molecular complexity index is 1120. The molecule has 0 saturated heterocycles. The molecule has 4 rings (SSSR count). The van der Waals surface area contributed by atoms with Gasteiger partial charge in [-0.25, -0.2) is 18.6 Å². The Morgan fingerprint density at radius 1 is 0.966 bits per heavy atom. The molecule has 6 heteroatoms. The molecule has 0 saturated carbocycles. The maximum atomic E-state index is 13.6. The van der Waals surface area contributed by atoms with E-state index in [-0.39, 0.29) is 24.0 Å². The molecule has 144 valence electrons. The predicted octanol–water partition coefficient (Wildman–Crippen LogP) is 4.89. The number of cyclic esters (lactones) is 1. The van der Waals surface area contributed by atoms with Crippen molar-refractivity contribution in [2.45, 2.75) is 6.61 Å². The Morgan fingerprint density at radius 3 is 2.52 bits per heavy atom. The Labute approximate surface area is 165 Å². The molecule has 0 amide bonds. The van der Waals surface area contributed by atoms with Crippen LogP contribution in [0.3, 0.4) is 0 Å². The highest BCUT2D eigenvalue weighted by Gasteiger charge is 2.24. The van der Waals surface area contributed by atoms with E-state index in [0.29, 0.717) is 22.4 Å². The zero-order chi connectivity index (χ0) is 20.2. The first-order valence-electron chi connectivity index (χ1n) is 8.83. The molecular formula is C23H15F2NO3. The summed E-state index contributed by atoms with van der Waals surface area (Å²) >= 11 is 0. The van der Waals surface area contributed by atoms with Crippen LogP contribution < -0.4 is 4.74 Å². The summed E-state index contributed by atoms with van der Waals surface area (Å²) in [5.41, 5.74) is 1.67. The van der Waals surface area contributed by atoms with Crippen LogP contribution >= 0.6 is 0 Å². The van der Waals surface area contributed by atoms with Crippen molar-refractivity contribution in [2.24, 2.45) is 4.99 Å². The highest BCUT2D eigenvalue weighted by molar-refractivity contribution is 6.12. The second kappa shape index (κ2) is 8.06. The van der Waals surface area contributed by atoms with Gasteiger partial charge in [0.15, 0.2) is 5.70 Å². The summed E-state index contributed by atoms with van der Waals surface area (Å²) in [7, 11) is 0. The van der Waals surface area contributed by atoms with Crippen molar-refractivity contribution >= 4 is 17.9 Å². The van der Waals surface area contributed by atoms with Crippen LogP contribution in [0.25, 0.3) is 6.08 Å². The molecule has 3 aromatic carbocycles. The first-order chi connectivity index (χ1) is 14.1. The van der Waals surface area contributed by atoms with Gasteiger partial charge in [-0.3, -0.25) is 0 Å². The summed E-state index contributed by atoms with van der Waals surface area (Å²) in [6, 6.07) is 19.0. The summed E-state index contributed by atoms with van der Waals surface area (Å²) in [6.45, 7) is 0.112. The van der Waals surface area contributed by atoms with E-state index in [0.717, 1.165) is 0 Å². The molecule has 3 aromatic rings. The number of aliphatic imine (C=N–C) groups is 1. The fraction of sp³-hybridized carbons (Fsp3) is 0.0435. The lowest BCUT2D eigenvalue weighted by atomic mass is 10.2. The van der Waals surface area contributed by atoms with Gasteiger partial charge in [-0.2, -0.15) is 0 Å². The number of carbonyl (C=O) groups excluding carboxylic acids is 1. The number of rotatable bonds is 5. The number of carbonyl (C=O) groups is 1. The van der Waals surface area contributed by atoms with Crippen molar-refractivity contribution < 1.29 is 23.0 Å². The van der Waals surface area contributed by atoms with Crippen LogP contribution in [-0.4, -0.2) is 11.9 Å². The number of hydrogen-bond acceptors (Lipinski definition) is 4. The summed E-state index contributed by atoms with van der Waals surface area (Å²) in [5.74, 6) is -0.742. The zero-order valence-electron chi connectivity index (χ0n) is 15.1. The second-order valence-electron chi connectivity index (χ2n) is 6.30. The van der Waals surface area contributed by atoms with Gasteiger partial charge in [0.25, 0.3) is 0 Å². The van der Waals surface area contributed by atoms with Crippen LogP contribution in [0.4, 0.5) is 8.78 Å². The second-order valence-corrected chi connectivity index (χ2v) is 6.30. The Balaban J connectivity index is 1.47. The van der Waals surface area contributed by atoms with Crippen LogP contribution in [0.15, 0.2) is 83.5 Å². The third-order valence-electron chi connectivity index (χ3n) is 4.23. The van der Waals surface area contributed by atoms with Crippen molar-refractivity contribution in [2.75, 3.05) is 0 Å². The van der Waals surface area contributed by atoms with Crippen LogP contribution in [0.5, 0.6) is 5.75 Å². The number of esters is 1. The van der Waals surface area contributed by atoms with Crippen LogP contribution in [-0.2, 0) is 16.1 Å². The molecule has 1 aliphatic heterocycles. The van der Waals surface area contributed by atoms with E-state index in [4.69, 9.17) is 9.47 Å². The van der Waals surface area contributed by atoms with E-state index in [1.807, 2.05) is 0 Å².